The maximum Gasteiger partial charge on any atom is 0.411 e. The van der Waals surface area contributed by atoms with E-state index < -0.39 is 29.7 Å². The molecule has 0 radical (unpaired) electrons. The monoisotopic (exact) mass is 432 g/mol. The van der Waals surface area contributed by atoms with E-state index in [1.54, 1.807) is 32.6 Å². The maximum atomic E-state index is 13.6. The zero-order chi connectivity index (χ0) is 23.2. The maximum absolute atomic E-state index is 13.6. The van der Waals surface area contributed by atoms with Gasteiger partial charge >= 0.3 is 12.1 Å². The summed E-state index contributed by atoms with van der Waals surface area (Å²) in [6.45, 7) is 12.0. The first-order valence-electron chi connectivity index (χ1n) is 11.0. The number of carbonyl (C=O) groups excluding carboxylic acids is 3. The van der Waals surface area contributed by atoms with Crippen molar-refractivity contribution >= 4 is 18.0 Å². The molecular formula is C24H36N2O5. The highest BCUT2D eigenvalue weighted by molar-refractivity contribution is 5.91. The van der Waals surface area contributed by atoms with Gasteiger partial charge in [-0.2, -0.15) is 0 Å². The Bertz CT molecular complexity index is 757. The second-order valence-corrected chi connectivity index (χ2v) is 9.31. The summed E-state index contributed by atoms with van der Waals surface area (Å²) in [5.74, 6) is -0.470. The van der Waals surface area contributed by atoms with Crippen molar-refractivity contribution in [3.8, 4) is 0 Å². The van der Waals surface area contributed by atoms with Gasteiger partial charge in [0.15, 0.2) is 0 Å². The average Bonchev–Trinajstić information content (AvgIpc) is 2.67. The Morgan fingerprint density at radius 2 is 1.77 bits per heavy atom. The van der Waals surface area contributed by atoms with E-state index in [-0.39, 0.29) is 25.0 Å². The van der Waals surface area contributed by atoms with Crippen LogP contribution < -0.4 is 0 Å². The summed E-state index contributed by atoms with van der Waals surface area (Å²) in [5.41, 5.74) is 0.295. The van der Waals surface area contributed by atoms with Crippen LogP contribution in [0, 0.1) is 5.92 Å². The van der Waals surface area contributed by atoms with E-state index in [0.29, 0.717) is 19.4 Å². The Morgan fingerprint density at radius 3 is 2.32 bits per heavy atom. The van der Waals surface area contributed by atoms with Crippen LogP contribution >= 0.6 is 0 Å². The van der Waals surface area contributed by atoms with E-state index in [4.69, 9.17) is 9.47 Å². The molecule has 0 spiro atoms. The quantitative estimate of drug-likeness (QED) is 0.615. The lowest BCUT2D eigenvalue weighted by Crippen LogP contribution is -2.63. The van der Waals surface area contributed by atoms with Crippen LogP contribution in [-0.2, 0) is 25.5 Å². The molecule has 1 aromatic carbocycles. The number of ether oxygens (including phenoxy) is 2. The number of benzene rings is 1. The minimum Gasteiger partial charge on any atom is -0.464 e. The van der Waals surface area contributed by atoms with Crippen LogP contribution in [0.5, 0.6) is 0 Å². The van der Waals surface area contributed by atoms with Gasteiger partial charge in [0, 0.05) is 19.5 Å². The number of esters is 1. The molecule has 0 aliphatic carbocycles. The fourth-order valence-electron chi connectivity index (χ4n) is 3.73. The van der Waals surface area contributed by atoms with Gasteiger partial charge in [0.05, 0.1) is 6.61 Å². The van der Waals surface area contributed by atoms with Crippen molar-refractivity contribution in [1.82, 2.24) is 9.80 Å². The third-order valence-electron chi connectivity index (χ3n) is 5.06. The second-order valence-electron chi connectivity index (χ2n) is 9.31. The molecule has 2 atom stereocenters. The van der Waals surface area contributed by atoms with Crippen LogP contribution in [0.2, 0.25) is 0 Å². The molecule has 1 aliphatic rings. The van der Waals surface area contributed by atoms with Crippen molar-refractivity contribution in [2.75, 3.05) is 19.7 Å². The molecule has 7 nitrogen and oxygen atoms in total. The van der Waals surface area contributed by atoms with E-state index in [1.165, 1.54) is 4.90 Å². The summed E-state index contributed by atoms with van der Waals surface area (Å²) in [4.78, 5) is 42.2. The third kappa shape index (κ3) is 6.97. The van der Waals surface area contributed by atoms with Crippen molar-refractivity contribution in [3.63, 3.8) is 0 Å². The van der Waals surface area contributed by atoms with Gasteiger partial charge in [-0.1, -0.05) is 44.2 Å². The molecule has 1 aliphatic heterocycles. The van der Waals surface area contributed by atoms with Crippen molar-refractivity contribution in [2.45, 2.75) is 72.1 Å². The molecule has 2 amide bonds. The molecule has 0 unspecified atom stereocenters. The van der Waals surface area contributed by atoms with Crippen LogP contribution in [0.3, 0.4) is 0 Å². The number of hydrogen-bond acceptors (Lipinski definition) is 5. The van der Waals surface area contributed by atoms with Gasteiger partial charge in [-0.15, -0.1) is 0 Å². The summed E-state index contributed by atoms with van der Waals surface area (Å²) in [7, 11) is 0. The Hall–Kier alpha value is -2.57. The molecule has 1 aromatic rings. The molecule has 7 heteroatoms. The molecule has 0 aromatic heterocycles. The van der Waals surface area contributed by atoms with Crippen molar-refractivity contribution in [3.05, 3.63) is 35.9 Å². The lowest BCUT2D eigenvalue weighted by atomic mass is 9.96. The standard InChI is InChI=1S/C24H36N2O5/c1-7-30-22(28)20(16-18-11-9-8-10-12-18)25-13-14-26(23(29)31-24(4,5)6)19(21(25)27)15-17(2)3/h8-12,17,19-20H,7,13-16H2,1-6H3/t19-,20-/m0/s1. The number of carbonyl (C=O) groups is 3. The van der Waals surface area contributed by atoms with E-state index in [1.807, 2.05) is 44.2 Å². The second kappa shape index (κ2) is 10.6. The Balaban J connectivity index is 2.30. The summed E-state index contributed by atoms with van der Waals surface area (Å²) in [5, 5.41) is 0. The lowest BCUT2D eigenvalue weighted by Gasteiger charge is -2.43. The van der Waals surface area contributed by atoms with Gasteiger partial charge in [0.2, 0.25) is 5.91 Å². The predicted octanol–water partition coefficient (Wildman–Crippen LogP) is 3.65. The largest absolute Gasteiger partial charge is 0.464 e. The fourth-order valence-corrected chi connectivity index (χ4v) is 3.73. The first-order chi connectivity index (χ1) is 14.5. The predicted molar refractivity (Wildman–Crippen MR) is 118 cm³/mol. The van der Waals surface area contributed by atoms with E-state index in [0.717, 1.165) is 5.56 Å². The molecule has 1 saturated heterocycles. The van der Waals surface area contributed by atoms with Crippen LogP contribution in [0.25, 0.3) is 0 Å². The summed E-state index contributed by atoms with van der Waals surface area (Å²) in [6.07, 6.45) is 0.365. The number of nitrogens with zero attached hydrogens (tertiary/aromatic N) is 2. The molecule has 2 rings (SSSR count). The third-order valence-corrected chi connectivity index (χ3v) is 5.06. The normalized spacial score (nSPS) is 18.2. The van der Waals surface area contributed by atoms with Gasteiger partial charge in [-0.05, 0) is 45.6 Å². The molecule has 0 bridgehead atoms. The van der Waals surface area contributed by atoms with E-state index in [2.05, 4.69) is 0 Å². The molecule has 1 heterocycles. The van der Waals surface area contributed by atoms with Gasteiger partial charge in [0.1, 0.15) is 17.7 Å². The van der Waals surface area contributed by atoms with Crippen LogP contribution in [-0.4, -0.2) is 65.2 Å². The van der Waals surface area contributed by atoms with Crippen LogP contribution in [0.15, 0.2) is 30.3 Å². The highest BCUT2D eigenvalue weighted by atomic mass is 16.6. The summed E-state index contributed by atoms with van der Waals surface area (Å²) in [6, 6.07) is 8.18. The van der Waals surface area contributed by atoms with Gasteiger partial charge < -0.3 is 14.4 Å². The highest BCUT2D eigenvalue weighted by Crippen LogP contribution is 2.24. The van der Waals surface area contributed by atoms with Gasteiger partial charge in [-0.25, -0.2) is 9.59 Å². The number of piperazine rings is 1. The van der Waals surface area contributed by atoms with Crippen LogP contribution in [0.4, 0.5) is 4.79 Å². The Morgan fingerprint density at radius 1 is 1.13 bits per heavy atom. The molecule has 0 N–H and O–H groups in total. The van der Waals surface area contributed by atoms with Crippen LogP contribution in [0.1, 0.15) is 53.5 Å². The topological polar surface area (TPSA) is 76.2 Å². The zero-order valence-electron chi connectivity index (χ0n) is 19.6. The Kier molecular flexibility index (Phi) is 8.48. The molecule has 1 fully saturated rings. The molecule has 0 saturated carbocycles. The van der Waals surface area contributed by atoms with Gasteiger partial charge in [-0.3, -0.25) is 9.69 Å². The average molecular weight is 433 g/mol. The van der Waals surface area contributed by atoms with Gasteiger partial charge in [0.25, 0.3) is 0 Å². The number of rotatable bonds is 7. The summed E-state index contributed by atoms with van der Waals surface area (Å²) >= 11 is 0. The smallest absolute Gasteiger partial charge is 0.411 e. The number of hydrogen-bond donors (Lipinski definition) is 0. The van der Waals surface area contributed by atoms with E-state index >= 15 is 0 Å². The Labute approximate surface area is 185 Å². The number of amides is 2. The van der Waals surface area contributed by atoms with Crippen molar-refractivity contribution < 1.29 is 23.9 Å². The van der Waals surface area contributed by atoms with Crippen molar-refractivity contribution in [2.24, 2.45) is 5.92 Å². The molecule has 172 valence electrons. The molecular weight excluding hydrogens is 396 g/mol. The minimum atomic E-state index is -0.731. The SMILES string of the molecule is CCOC(=O)[C@H](Cc1ccccc1)N1CCN(C(=O)OC(C)(C)C)[C@@H](CC(C)C)C1=O. The molecule has 31 heavy (non-hydrogen) atoms. The first kappa shape index (κ1) is 24.7. The summed E-state index contributed by atoms with van der Waals surface area (Å²) < 4.78 is 10.8. The first-order valence-corrected chi connectivity index (χ1v) is 11.0. The lowest BCUT2D eigenvalue weighted by molar-refractivity contribution is -0.159. The van der Waals surface area contributed by atoms with E-state index in [9.17, 15) is 14.4 Å². The zero-order valence-corrected chi connectivity index (χ0v) is 19.6. The minimum absolute atomic E-state index is 0.189. The van der Waals surface area contributed by atoms with Crippen molar-refractivity contribution in [1.29, 1.82) is 0 Å². The highest BCUT2D eigenvalue weighted by Gasteiger charge is 2.43. The fraction of sp³-hybridized carbons (Fsp3) is 0.625.